The summed E-state index contributed by atoms with van der Waals surface area (Å²) in [7, 11) is 3.51. The Morgan fingerprint density at radius 3 is 2.82 bits per heavy atom. The molecule has 1 fully saturated rings. The first-order chi connectivity index (χ1) is 5.30. The van der Waals surface area contributed by atoms with Crippen LogP contribution in [0.25, 0.3) is 0 Å². The van der Waals surface area contributed by atoms with Crippen molar-refractivity contribution in [3.63, 3.8) is 0 Å². The van der Waals surface area contributed by atoms with Gasteiger partial charge in [-0.3, -0.25) is 0 Å². The van der Waals surface area contributed by atoms with Crippen molar-refractivity contribution >= 4 is 0 Å². The minimum atomic E-state index is -0.0422. The maximum Gasteiger partial charge on any atom is 0.125 e. The largest absolute Gasteiger partial charge is 0.498 e. The average molecular weight is 154 g/mol. The van der Waals surface area contributed by atoms with E-state index in [1.54, 1.807) is 14.2 Å². The van der Waals surface area contributed by atoms with Gasteiger partial charge in [0.25, 0.3) is 0 Å². The number of fused-ring (bicyclic) bond motifs is 2. The van der Waals surface area contributed by atoms with E-state index in [2.05, 4.69) is 6.08 Å². The molecule has 2 unspecified atom stereocenters. The fourth-order valence-electron chi connectivity index (χ4n) is 2.32. The zero-order chi connectivity index (χ0) is 7.90. The van der Waals surface area contributed by atoms with Gasteiger partial charge in [-0.25, -0.2) is 0 Å². The van der Waals surface area contributed by atoms with Crippen molar-refractivity contribution in [2.24, 2.45) is 5.92 Å². The monoisotopic (exact) mass is 154 g/mol. The van der Waals surface area contributed by atoms with Crippen molar-refractivity contribution in [1.29, 1.82) is 0 Å². The standard InChI is InChI=1S/C9H14O2/c1-10-8-5-7-3-4-9(8,6-7)11-2/h5,7H,3-4,6H2,1-2H3. The average Bonchev–Trinajstić information content (AvgIpc) is 2.60. The van der Waals surface area contributed by atoms with E-state index in [9.17, 15) is 0 Å². The molecule has 2 bridgehead atoms. The van der Waals surface area contributed by atoms with E-state index >= 15 is 0 Å². The van der Waals surface area contributed by atoms with Crippen LogP contribution in [0.15, 0.2) is 11.8 Å². The second-order valence-electron chi connectivity index (χ2n) is 3.44. The SMILES string of the molecule is COC1=CC2CCC1(OC)C2. The highest BCUT2D eigenvalue weighted by Crippen LogP contribution is 2.49. The van der Waals surface area contributed by atoms with Crippen LogP contribution in [0.3, 0.4) is 0 Å². The van der Waals surface area contributed by atoms with Gasteiger partial charge in [0, 0.05) is 7.11 Å². The maximum absolute atomic E-state index is 5.50. The topological polar surface area (TPSA) is 18.5 Å². The zero-order valence-electron chi connectivity index (χ0n) is 7.09. The summed E-state index contributed by atoms with van der Waals surface area (Å²) in [6.45, 7) is 0. The van der Waals surface area contributed by atoms with Gasteiger partial charge in [-0.15, -0.1) is 0 Å². The first-order valence-electron chi connectivity index (χ1n) is 4.12. The van der Waals surface area contributed by atoms with Gasteiger partial charge < -0.3 is 9.47 Å². The summed E-state index contributed by atoms with van der Waals surface area (Å²) in [4.78, 5) is 0. The van der Waals surface area contributed by atoms with Gasteiger partial charge in [-0.1, -0.05) is 0 Å². The molecule has 0 N–H and O–H groups in total. The van der Waals surface area contributed by atoms with E-state index < -0.39 is 0 Å². The van der Waals surface area contributed by atoms with E-state index in [0.717, 1.165) is 18.6 Å². The number of rotatable bonds is 2. The van der Waals surface area contributed by atoms with E-state index in [-0.39, 0.29) is 5.60 Å². The van der Waals surface area contributed by atoms with Crippen LogP contribution < -0.4 is 0 Å². The smallest absolute Gasteiger partial charge is 0.125 e. The van der Waals surface area contributed by atoms with Crippen molar-refractivity contribution < 1.29 is 9.47 Å². The second-order valence-corrected chi connectivity index (χ2v) is 3.44. The minimum Gasteiger partial charge on any atom is -0.498 e. The number of ether oxygens (including phenoxy) is 2. The molecule has 2 aliphatic carbocycles. The van der Waals surface area contributed by atoms with E-state index in [0.29, 0.717) is 5.92 Å². The molecule has 62 valence electrons. The fourth-order valence-corrected chi connectivity index (χ4v) is 2.32. The van der Waals surface area contributed by atoms with Gasteiger partial charge in [-0.05, 0) is 31.3 Å². The summed E-state index contributed by atoms with van der Waals surface area (Å²) in [5, 5.41) is 0. The van der Waals surface area contributed by atoms with Crippen molar-refractivity contribution in [2.75, 3.05) is 14.2 Å². The summed E-state index contributed by atoms with van der Waals surface area (Å²) < 4.78 is 10.8. The molecule has 2 heteroatoms. The Balaban J connectivity index is 2.27. The highest BCUT2D eigenvalue weighted by Gasteiger charge is 2.48. The van der Waals surface area contributed by atoms with E-state index in [1.807, 2.05) is 0 Å². The van der Waals surface area contributed by atoms with Gasteiger partial charge in [-0.2, -0.15) is 0 Å². The molecule has 0 heterocycles. The number of allylic oxidation sites excluding steroid dienone is 1. The fraction of sp³-hybridized carbons (Fsp3) is 0.778. The minimum absolute atomic E-state index is 0.0422. The molecule has 0 radical (unpaired) electrons. The molecule has 0 spiro atoms. The van der Waals surface area contributed by atoms with Crippen LogP contribution in [-0.4, -0.2) is 19.8 Å². The van der Waals surface area contributed by atoms with E-state index in [1.165, 1.54) is 6.42 Å². The molecule has 0 aromatic carbocycles. The molecule has 2 rings (SSSR count). The zero-order valence-corrected chi connectivity index (χ0v) is 7.09. The third-order valence-electron chi connectivity index (χ3n) is 2.96. The third kappa shape index (κ3) is 0.822. The molecule has 2 aliphatic rings. The van der Waals surface area contributed by atoms with Crippen LogP contribution in [0, 0.1) is 5.92 Å². The first kappa shape index (κ1) is 7.17. The van der Waals surface area contributed by atoms with Crippen LogP contribution in [0.4, 0.5) is 0 Å². The Morgan fingerprint density at radius 1 is 1.55 bits per heavy atom. The molecule has 2 atom stereocenters. The highest BCUT2D eigenvalue weighted by atomic mass is 16.5. The summed E-state index contributed by atoms with van der Waals surface area (Å²) in [5.41, 5.74) is -0.0422. The van der Waals surface area contributed by atoms with Gasteiger partial charge >= 0.3 is 0 Å². The van der Waals surface area contributed by atoms with Gasteiger partial charge in [0.2, 0.25) is 0 Å². The molecule has 0 amide bonds. The Labute approximate surface area is 67.2 Å². The Kier molecular flexibility index (Phi) is 1.46. The Morgan fingerprint density at radius 2 is 2.36 bits per heavy atom. The van der Waals surface area contributed by atoms with Crippen LogP contribution >= 0.6 is 0 Å². The summed E-state index contributed by atoms with van der Waals surface area (Å²) in [6.07, 6.45) is 5.74. The van der Waals surface area contributed by atoms with E-state index in [4.69, 9.17) is 9.47 Å². The Bertz CT molecular complexity index is 198. The summed E-state index contributed by atoms with van der Waals surface area (Å²) in [5.74, 6) is 1.76. The van der Waals surface area contributed by atoms with Crippen molar-refractivity contribution in [3.8, 4) is 0 Å². The molecule has 0 aromatic heterocycles. The lowest BCUT2D eigenvalue weighted by molar-refractivity contribution is -0.00888. The van der Waals surface area contributed by atoms with Crippen LogP contribution in [0.1, 0.15) is 19.3 Å². The quantitative estimate of drug-likeness (QED) is 0.603. The molecule has 0 aromatic rings. The molecule has 1 saturated carbocycles. The predicted molar refractivity (Wildman–Crippen MR) is 42.2 cm³/mol. The maximum atomic E-state index is 5.50. The van der Waals surface area contributed by atoms with Crippen molar-refractivity contribution in [3.05, 3.63) is 11.8 Å². The van der Waals surface area contributed by atoms with Crippen LogP contribution in [0.2, 0.25) is 0 Å². The van der Waals surface area contributed by atoms with Crippen LogP contribution in [-0.2, 0) is 9.47 Å². The summed E-state index contributed by atoms with van der Waals surface area (Å²) in [6, 6.07) is 0. The molecule has 2 nitrogen and oxygen atoms in total. The lowest BCUT2D eigenvalue weighted by Crippen LogP contribution is -2.29. The third-order valence-corrected chi connectivity index (χ3v) is 2.96. The van der Waals surface area contributed by atoms with Gasteiger partial charge in [0.05, 0.1) is 7.11 Å². The normalized spacial score (nSPS) is 40.9. The lowest BCUT2D eigenvalue weighted by atomic mass is 10.0. The predicted octanol–water partition coefficient (Wildman–Crippen LogP) is 1.72. The van der Waals surface area contributed by atoms with Gasteiger partial charge in [0.15, 0.2) is 0 Å². The lowest BCUT2D eigenvalue weighted by Gasteiger charge is -2.26. The first-order valence-corrected chi connectivity index (χ1v) is 4.12. The second kappa shape index (κ2) is 2.24. The van der Waals surface area contributed by atoms with Crippen LogP contribution in [0.5, 0.6) is 0 Å². The molecular weight excluding hydrogens is 140 g/mol. The van der Waals surface area contributed by atoms with Crippen molar-refractivity contribution in [1.82, 2.24) is 0 Å². The number of methoxy groups -OCH3 is 2. The molecule has 0 aliphatic heterocycles. The Hall–Kier alpha value is -0.500. The summed E-state index contributed by atoms with van der Waals surface area (Å²) >= 11 is 0. The number of hydrogen-bond donors (Lipinski definition) is 0. The van der Waals surface area contributed by atoms with Gasteiger partial charge in [0.1, 0.15) is 11.4 Å². The highest BCUT2D eigenvalue weighted by molar-refractivity contribution is 5.24. The molecular formula is C9H14O2. The van der Waals surface area contributed by atoms with Crippen molar-refractivity contribution in [2.45, 2.75) is 24.9 Å². The number of hydrogen-bond acceptors (Lipinski definition) is 2. The molecule has 11 heavy (non-hydrogen) atoms. The molecule has 0 saturated heterocycles.